The molecule has 0 spiro atoms. The second-order valence-corrected chi connectivity index (χ2v) is 6.10. The molecule has 1 N–H and O–H groups in total. The first-order valence-corrected chi connectivity index (χ1v) is 8.33. The van der Waals surface area contributed by atoms with Crippen LogP contribution in [0.4, 0.5) is 5.82 Å². The lowest BCUT2D eigenvalue weighted by Crippen LogP contribution is -2.34. The summed E-state index contributed by atoms with van der Waals surface area (Å²) in [7, 11) is 2.10. The molecule has 0 aliphatic carbocycles. The Bertz CT molecular complexity index is 597. The van der Waals surface area contributed by atoms with Crippen molar-refractivity contribution in [1.82, 2.24) is 10.3 Å². The average Bonchev–Trinajstić information content (AvgIpc) is 2.62. The highest BCUT2D eigenvalue weighted by molar-refractivity contribution is 5.46. The predicted molar refractivity (Wildman–Crippen MR) is 93.5 cm³/mol. The molecule has 1 aromatic carbocycles. The summed E-state index contributed by atoms with van der Waals surface area (Å²) in [5, 5.41) is 3.65. The van der Waals surface area contributed by atoms with Crippen LogP contribution in [0.3, 0.4) is 0 Å². The molecule has 0 unspecified atom stereocenters. The lowest BCUT2D eigenvalue weighted by molar-refractivity contribution is 0.0776. The molecule has 4 heteroatoms. The molecule has 0 radical (unpaired) electrons. The van der Waals surface area contributed by atoms with E-state index in [4.69, 9.17) is 4.74 Å². The van der Waals surface area contributed by atoms with E-state index in [0.29, 0.717) is 6.04 Å². The smallest absolute Gasteiger partial charge is 0.133 e. The van der Waals surface area contributed by atoms with E-state index < -0.39 is 0 Å². The van der Waals surface area contributed by atoms with Gasteiger partial charge in [-0.05, 0) is 24.5 Å². The molecule has 1 aliphatic heterocycles. The van der Waals surface area contributed by atoms with Crippen LogP contribution in [0.1, 0.15) is 24.0 Å². The Morgan fingerprint density at radius 1 is 1.13 bits per heavy atom. The zero-order chi connectivity index (χ0) is 15.9. The number of hydrogen-bond donors (Lipinski definition) is 1. The van der Waals surface area contributed by atoms with Crippen molar-refractivity contribution >= 4 is 5.82 Å². The van der Waals surface area contributed by atoms with E-state index in [1.54, 1.807) is 0 Å². The van der Waals surface area contributed by atoms with Crippen molar-refractivity contribution < 1.29 is 4.74 Å². The molecule has 4 nitrogen and oxygen atoms in total. The fourth-order valence-corrected chi connectivity index (χ4v) is 3.00. The van der Waals surface area contributed by atoms with E-state index in [9.17, 15) is 0 Å². The van der Waals surface area contributed by atoms with Gasteiger partial charge in [-0.3, -0.25) is 0 Å². The second kappa shape index (κ2) is 8.09. The Balaban J connectivity index is 1.64. The Kier molecular flexibility index (Phi) is 5.61. The number of ether oxygens (including phenoxy) is 1. The number of pyridine rings is 1. The first kappa shape index (κ1) is 16.0. The summed E-state index contributed by atoms with van der Waals surface area (Å²) in [5.74, 6) is 1.05. The lowest BCUT2D eigenvalue weighted by atomic mass is 10.1. The van der Waals surface area contributed by atoms with Crippen molar-refractivity contribution in [1.29, 1.82) is 0 Å². The van der Waals surface area contributed by atoms with Gasteiger partial charge in [0.1, 0.15) is 5.82 Å². The molecule has 1 aliphatic rings. The minimum absolute atomic E-state index is 0.552. The van der Waals surface area contributed by atoms with Gasteiger partial charge in [0.05, 0.1) is 0 Å². The molecule has 0 amide bonds. The highest BCUT2D eigenvalue weighted by atomic mass is 16.5. The monoisotopic (exact) mass is 311 g/mol. The minimum atomic E-state index is 0.552. The van der Waals surface area contributed by atoms with E-state index in [2.05, 4.69) is 52.6 Å². The van der Waals surface area contributed by atoms with Crippen LogP contribution in [0.15, 0.2) is 48.7 Å². The van der Waals surface area contributed by atoms with Gasteiger partial charge in [-0.2, -0.15) is 0 Å². The van der Waals surface area contributed by atoms with Crippen molar-refractivity contribution in [3.8, 4) is 0 Å². The lowest BCUT2D eigenvalue weighted by Gasteiger charge is -2.25. The number of nitrogens with zero attached hydrogens (tertiary/aromatic N) is 2. The Hall–Kier alpha value is -1.91. The molecule has 2 heterocycles. The normalized spacial score (nSPS) is 15.5. The van der Waals surface area contributed by atoms with Gasteiger partial charge in [0.15, 0.2) is 0 Å². The zero-order valence-corrected chi connectivity index (χ0v) is 13.7. The molecular formula is C19H25N3O. The number of aromatic nitrogens is 1. The van der Waals surface area contributed by atoms with Gasteiger partial charge in [-0.15, -0.1) is 0 Å². The van der Waals surface area contributed by atoms with Crippen LogP contribution in [-0.2, 0) is 17.8 Å². The van der Waals surface area contributed by atoms with Crippen LogP contribution in [0.5, 0.6) is 0 Å². The average molecular weight is 311 g/mol. The largest absolute Gasteiger partial charge is 0.381 e. The van der Waals surface area contributed by atoms with E-state index in [-0.39, 0.29) is 0 Å². The van der Waals surface area contributed by atoms with Crippen LogP contribution in [0.2, 0.25) is 0 Å². The first-order chi connectivity index (χ1) is 11.3. The highest BCUT2D eigenvalue weighted by Gasteiger charge is 2.15. The number of hydrogen-bond acceptors (Lipinski definition) is 4. The molecular weight excluding hydrogens is 286 g/mol. The third kappa shape index (κ3) is 4.53. The maximum Gasteiger partial charge on any atom is 0.133 e. The zero-order valence-electron chi connectivity index (χ0n) is 13.7. The van der Waals surface area contributed by atoms with Crippen LogP contribution < -0.4 is 10.2 Å². The van der Waals surface area contributed by atoms with Crippen LogP contribution in [0.25, 0.3) is 0 Å². The van der Waals surface area contributed by atoms with Crippen molar-refractivity contribution in [2.45, 2.75) is 32.0 Å². The number of rotatable bonds is 6. The van der Waals surface area contributed by atoms with Gasteiger partial charge >= 0.3 is 0 Å². The summed E-state index contributed by atoms with van der Waals surface area (Å²) < 4.78 is 5.42. The topological polar surface area (TPSA) is 37.4 Å². The summed E-state index contributed by atoms with van der Waals surface area (Å²) in [6, 6.07) is 15.2. The molecule has 0 atom stereocenters. The Labute approximate surface area is 138 Å². The van der Waals surface area contributed by atoms with Crippen LogP contribution >= 0.6 is 0 Å². The minimum Gasteiger partial charge on any atom is -0.381 e. The molecule has 2 aromatic rings. The maximum absolute atomic E-state index is 5.42. The third-order valence-electron chi connectivity index (χ3n) is 4.29. The third-order valence-corrected chi connectivity index (χ3v) is 4.29. The first-order valence-electron chi connectivity index (χ1n) is 8.33. The van der Waals surface area contributed by atoms with Gasteiger partial charge in [0.2, 0.25) is 0 Å². The fourth-order valence-electron chi connectivity index (χ4n) is 3.00. The van der Waals surface area contributed by atoms with Crippen LogP contribution in [0, 0.1) is 0 Å². The SMILES string of the molecule is CN(Cc1ccccc1)c1ncccc1CNC1CCOCC1. The molecule has 1 saturated heterocycles. The molecule has 0 bridgehead atoms. The van der Waals surface area contributed by atoms with Crippen molar-refractivity contribution in [3.63, 3.8) is 0 Å². The van der Waals surface area contributed by atoms with Crippen LogP contribution in [-0.4, -0.2) is 31.3 Å². The summed E-state index contributed by atoms with van der Waals surface area (Å²) >= 11 is 0. The predicted octanol–water partition coefficient (Wildman–Crippen LogP) is 2.99. The van der Waals surface area contributed by atoms with Gasteiger partial charge < -0.3 is 15.0 Å². The van der Waals surface area contributed by atoms with Crippen molar-refractivity contribution in [3.05, 3.63) is 59.8 Å². The molecule has 122 valence electrons. The number of benzene rings is 1. The van der Waals surface area contributed by atoms with E-state index >= 15 is 0 Å². The summed E-state index contributed by atoms with van der Waals surface area (Å²) in [6.45, 7) is 3.45. The van der Waals surface area contributed by atoms with E-state index in [0.717, 1.165) is 45.0 Å². The number of nitrogens with one attached hydrogen (secondary N) is 1. The van der Waals surface area contributed by atoms with Gasteiger partial charge in [-0.25, -0.2) is 4.98 Å². The highest BCUT2D eigenvalue weighted by Crippen LogP contribution is 2.19. The van der Waals surface area contributed by atoms with Gasteiger partial charge in [0.25, 0.3) is 0 Å². The summed E-state index contributed by atoms with van der Waals surface area (Å²) in [6.07, 6.45) is 4.06. The quantitative estimate of drug-likeness (QED) is 0.890. The van der Waals surface area contributed by atoms with Crippen molar-refractivity contribution in [2.75, 3.05) is 25.2 Å². The molecule has 0 saturated carbocycles. The summed E-state index contributed by atoms with van der Waals surface area (Å²) in [5.41, 5.74) is 2.54. The summed E-state index contributed by atoms with van der Waals surface area (Å²) in [4.78, 5) is 6.82. The van der Waals surface area contributed by atoms with Gasteiger partial charge in [0, 0.05) is 51.2 Å². The van der Waals surface area contributed by atoms with Crippen molar-refractivity contribution in [2.24, 2.45) is 0 Å². The van der Waals surface area contributed by atoms with Gasteiger partial charge in [-0.1, -0.05) is 36.4 Å². The number of anilines is 1. The Morgan fingerprint density at radius 3 is 2.70 bits per heavy atom. The van der Waals surface area contributed by atoms with E-state index in [1.807, 2.05) is 18.3 Å². The standard InChI is InChI=1S/C19H25N3O/c1-22(15-16-6-3-2-4-7-16)19-17(8-5-11-20-19)14-21-18-9-12-23-13-10-18/h2-8,11,18,21H,9-10,12-15H2,1H3. The molecule has 1 aromatic heterocycles. The second-order valence-electron chi connectivity index (χ2n) is 6.10. The van der Waals surface area contributed by atoms with E-state index in [1.165, 1.54) is 11.1 Å². The fraction of sp³-hybridized carbons (Fsp3) is 0.421. The molecule has 1 fully saturated rings. The maximum atomic E-state index is 5.42. The molecule has 23 heavy (non-hydrogen) atoms. The molecule has 3 rings (SSSR count). The Morgan fingerprint density at radius 2 is 1.91 bits per heavy atom.